The Balaban J connectivity index is 1.79. The van der Waals surface area contributed by atoms with Crippen molar-refractivity contribution in [3.05, 3.63) is 28.7 Å². The second-order valence-corrected chi connectivity index (χ2v) is 5.99. The topological polar surface area (TPSA) is 85.6 Å². The normalized spacial score (nSPS) is 18.0. The lowest BCUT2D eigenvalue weighted by molar-refractivity contribution is -0.147. The molecule has 0 bridgehead atoms. The van der Waals surface area contributed by atoms with Gasteiger partial charge in [-0.05, 0) is 25.1 Å². The van der Waals surface area contributed by atoms with Crippen molar-refractivity contribution in [3.8, 4) is 0 Å². The zero-order valence-corrected chi connectivity index (χ0v) is 13.9. The van der Waals surface area contributed by atoms with E-state index in [2.05, 4.69) is 5.32 Å². The third-order valence-electron chi connectivity index (χ3n) is 4.25. The summed E-state index contributed by atoms with van der Waals surface area (Å²) in [5.41, 5.74) is 1.77. The Hall–Kier alpha value is -2.61. The molecule has 1 N–H and O–H groups in total. The number of imidazole rings is 1. The van der Waals surface area contributed by atoms with Crippen LogP contribution < -0.4 is 11.0 Å². The fourth-order valence-corrected chi connectivity index (χ4v) is 2.92. The van der Waals surface area contributed by atoms with Crippen molar-refractivity contribution in [3.63, 3.8) is 0 Å². The van der Waals surface area contributed by atoms with Crippen LogP contribution in [-0.2, 0) is 28.4 Å². The molecule has 2 amide bonds. The molecule has 1 fully saturated rings. The molecule has 128 valence electrons. The number of morpholine rings is 1. The molecular formula is C16H20N4O4. The van der Waals surface area contributed by atoms with Crippen molar-refractivity contribution < 1.29 is 14.3 Å². The van der Waals surface area contributed by atoms with Crippen LogP contribution in [0.2, 0.25) is 0 Å². The molecule has 24 heavy (non-hydrogen) atoms. The molecule has 8 nitrogen and oxygen atoms in total. The van der Waals surface area contributed by atoms with E-state index in [-0.39, 0.29) is 11.8 Å². The van der Waals surface area contributed by atoms with Crippen LogP contribution >= 0.6 is 0 Å². The molecule has 1 aromatic carbocycles. The number of hydrogen-bond donors (Lipinski definition) is 1. The number of carbonyl (C=O) groups is 2. The summed E-state index contributed by atoms with van der Waals surface area (Å²) >= 11 is 0. The lowest BCUT2D eigenvalue weighted by atomic mass is 10.2. The molecule has 8 heteroatoms. The van der Waals surface area contributed by atoms with Crippen LogP contribution in [0.4, 0.5) is 5.69 Å². The van der Waals surface area contributed by atoms with E-state index >= 15 is 0 Å². The monoisotopic (exact) mass is 332 g/mol. The smallest absolute Gasteiger partial charge is 0.328 e. The molecule has 0 radical (unpaired) electrons. The Labute approximate surface area is 138 Å². The second-order valence-electron chi connectivity index (χ2n) is 5.99. The van der Waals surface area contributed by atoms with Crippen LogP contribution in [0.15, 0.2) is 23.0 Å². The summed E-state index contributed by atoms with van der Waals surface area (Å²) in [5, 5.41) is 2.61. The molecule has 1 unspecified atom stereocenters. The lowest BCUT2D eigenvalue weighted by Gasteiger charge is -2.30. The van der Waals surface area contributed by atoms with Gasteiger partial charge in [-0.15, -0.1) is 0 Å². The predicted molar refractivity (Wildman–Crippen MR) is 88.8 cm³/mol. The van der Waals surface area contributed by atoms with Crippen molar-refractivity contribution in [2.24, 2.45) is 14.1 Å². The van der Waals surface area contributed by atoms with Gasteiger partial charge in [0.25, 0.3) is 0 Å². The highest BCUT2D eigenvalue weighted by atomic mass is 16.5. The molecule has 0 aliphatic carbocycles. The highest BCUT2D eigenvalue weighted by Gasteiger charge is 2.26. The van der Waals surface area contributed by atoms with Gasteiger partial charge in [0, 0.05) is 32.9 Å². The van der Waals surface area contributed by atoms with Gasteiger partial charge in [-0.3, -0.25) is 18.7 Å². The van der Waals surface area contributed by atoms with Crippen LogP contribution in [0, 0.1) is 0 Å². The van der Waals surface area contributed by atoms with E-state index in [0.717, 1.165) is 5.52 Å². The Morgan fingerprint density at radius 2 is 1.92 bits per heavy atom. The number of hydrogen-bond acceptors (Lipinski definition) is 4. The third-order valence-corrected chi connectivity index (χ3v) is 4.25. The zero-order valence-electron chi connectivity index (χ0n) is 13.9. The fraction of sp³-hybridized carbons (Fsp3) is 0.438. The summed E-state index contributed by atoms with van der Waals surface area (Å²) < 4.78 is 8.40. The first kappa shape index (κ1) is 16.3. The van der Waals surface area contributed by atoms with Gasteiger partial charge in [0.1, 0.15) is 0 Å². The number of carbonyl (C=O) groups excluding carboxylic acids is 2. The predicted octanol–water partition coefficient (Wildman–Crippen LogP) is 0.0628. The highest BCUT2D eigenvalue weighted by Crippen LogP contribution is 2.17. The van der Waals surface area contributed by atoms with Gasteiger partial charge >= 0.3 is 17.5 Å². The SMILES string of the molecule is CC1CN(C(=O)C(=O)Nc2ccc3c(c2)n(C)c(=O)n3C)CCO1. The number of aromatic nitrogens is 2. The van der Waals surface area contributed by atoms with Gasteiger partial charge in [0.05, 0.1) is 23.7 Å². The first-order valence-corrected chi connectivity index (χ1v) is 7.76. The number of nitrogens with one attached hydrogen (secondary N) is 1. The molecule has 2 heterocycles. The highest BCUT2D eigenvalue weighted by molar-refractivity contribution is 6.39. The summed E-state index contributed by atoms with van der Waals surface area (Å²) in [4.78, 5) is 37.8. The summed E-state index contributed by atoms with van der Waals surface area (Å²) in [7, 11) is 3.35. The van der Waals surface area contributed by atoms with Gasteiger partial charge in [0.15, 0.2) is 0 Å². The molecule has 1 atom stereocenters. The van der Waals surface area contributed by atoms with Crippen molar-refractivity contribution >= 4 is 28.5 Å². The van der Waals surface area contributed by atoms with Crippen LogP contribution in [0.3, 0.4) is 0 Å². The minimum Gasteiger partial charge on any atom is -0.375 e. The Kier molecular flexibility index (Phi) is 4.15. The van der Waals surface area contributed by atoms with Crippen LogP contribution in [0.1, 0.15) is 6.92 Å². The Morgan fingerprint density at radius 1 is 1.21 bits per heavy atom. The van der Waals surface area contributed by atoms with E-state index in [1.54, 1.807) is 32.3 Å². The summed E-state index contributed by atoms with van der Waals surface area (Å²) in [6, 6.07) is 5.10. The number of benzene rings is 1. The number of fused-ring (bicyclic) bond motifs is 1. The van der Waals surface area contributed by atoms with Crippen molar-refractivity contribution in [1.29, 1.82) is 0 Å². The van der Waals surface area contributed by atoms with Crippen LogP contribution in [0.25, 0.3) is 11.0 Å². The minimum atomic E-state index is -0.690. The molecule has 1 aliphatic rings. The van der Waals surface area contributed by atoms with E-state index < -0.39 is 11.8 Å². The van der Waals surface area contributed by atoms with E-state index in [9.17, 15) is 14.4 Å². The quantitative estimate of drug-likeness (QED) is 0.749. The largest absolute Gasteiger partial charge is 0.375 e. The van der Waals surface area contributed by atoms with Crippen LogP contribution in [-0.4, -0.2) is 51.6 Å². The van der Waals surface area contributed by atoms with E-state index in [1.165, 1.54) is 14.0 Å². The Morgan fingerprint density at radius 3 is 2.62 bits per heavy atom. The third kappa shape index (κ3) is 2.80. The van der Waals surface area contributed by atoms with Crippen LogP contribution in [0.5, 0.6) is 0 Å². The maximum absolute atomic E-state index is 12.2. The van der Waals surface area contributed by atoms with Gasteiger partial charge in [-0.2, -0.15) is 0 Å². The number of anilines is 1. The average molecular weight is 332 g/mol. The van der Waals surface area contributed by atoms with Crippen molar-refractivity contribution in [2.45, 2.75) is 13.0 Å². The number of aryl methyl sites for hydroxylation is 2. The first-order chi connectivity index (χ1) is 11.4. The minimum absolute atomic E-state index is 0.0781. The van der Waals surface area contributed by atoms with E-state index in [4.69, 9.17) is 4.74 Å². The number of ether oxygens (including phenoxy) is 1. The molecule has 1 aliphatic heterocycles. The maximum atomic E-state index is 12.2. The first-order valence-electron chi connectivity index (χ1n) is 7.76. The molecule has 0 spiro atoms. The summed E-state index contributed by atoms with van der Waals surface area (Å²) in [6.07, 6.45) is -0.0781. The maximum Gasteiger partial charge on any atom is 0.328 e. The molecule has 1 aromatic heterocycles. The lowest BCUT2D eigenvalue weighted by Crippen LogP contribution is -2.48. The van der Waals surface area contributed by atoms with Gasteiger partial charge in [-0.1, -0.05) is 0 Å². The van der Waals surface area contributed by atoms with Crippen molar-refractivity contribution in [1.82, 2.24) is 14.0 Å². The van der Waals surface area contributed by atoms with Gasteiger partial charge in [-0.25, -0.2) is 4.79 Å². The summed E-state index contributed by atoms with van der Waals surface area (Å²) in [5.74, 6) is -1.27. The molecular weight excluding hydrogens is 312 g/mol. The second kappa shape index (κ2) is 6.12. The Bertz CT molecular complexity index is 867. The number of nitrogens with zero attached hydrogens (tertiary/aromatic N) is 3. The standard InChI is InChI=1S/C16H20N4O4/c1-10-9-20(6-7-24-10)15(22)14(21)17-11-4-5-12-13(8-11)19(3)16(23)18(12)2/h4-5,8,10H,6-7,9H2,1-3H3,(H,17,21). The number of rotatable bonds is 1. The summed E-state index contributed by atoms with van der Waals surface area (Å²) in [6.45, 7) is 3.10. The fourth-order valence-electron chi connectivity index (χ4n) is 2.92. The molecule has 1 saturated heterocycles. The average Bonchev–Trinajstić information content (AvgIpc) is 2.78. The molecule has 0 saturated carbocycles. The van der Waals surface area contributed by atoms with Crippen molar-refractivity contribution in [2.75, 3.05) is 25.0 Å². The number of amides is 2. The molecule has 3 rings (SSSR count). The van der Waals surface area contributed by atoms with E-state index in [1.807, 2.05) is 6.92 Å². The van der Waals surface area contributed by atoms with Gasteiger partial charge in [0.2, 0.25) is 0 Å². The van der Waals surface area contributed by atoms with Gasteiger partial charge < -0.3 is 15.0 Å². The van der Waals surface area contributed by atoms with E-state index in [0.29, 0.717) is 30.9 Å². The molecule has 2 aromatic rings. The zero-order chi connectivity index (χ0) is 17.4.